The Hall–Kier alpha value is -2.20. The Balaban J connectivity index is 2.16. The van der Waals surface area contributed by atoms with Gasteiger partial charge in [-0.2, -0.15) is 0 Å². The molecule has 0 fully saturated rings. The van der Waals surface area contributed by atoms with Crippen molar-refractivity contribution in [3.63, 3.8) is 0 Å². The molecule has 0 unspecified atom stereocenters. The van der Waals surface area contributed by atoms with Crippen LogP contribution in [0.25, 0.3) is 0 Å². The first kappa shape index (κ1) is 17.2. The van der Waals surface area contributed by atoms with E-state index in [1.54, 1.807) is 0 Å². The van der Waals surface area contributed by atoms with E-state index in [4.69, 9.17) is 5.73 Å². The number of hydrogen-bond donors (Lipinski definition) is 2. The van der Waals surface area contributed by atoms with Gasteiger partial charge < -0.3 is 11.1 Å². The van der Waals surface area contributed by atoms with Gasteiger partial charge in [-0.3, -0.25) is 14.9 Å². The van der Waals surface area contributed by atoms with Gasteiger partial charge in [0.1, 0.15) is 0 Å². The Morgan fingerprint density at radius 3 is 2.91 bits per heavy atom. The summed E-state index contributed by atoms with van der Waals surface area (Å²) in [4.78, 5) is 22.1. The van der Waals surface area contributed by atoms with Crippen molar-refractivity contribution in [2.45, 2.75) is 29.0 Å². The third-order valence-corrected chi connectivity index (χ3v) is 4.85. The van der Waals surface area contributed by atoms with Gasteiger partial charge in [-0.15, -0.1) is 10.2 Å². The molecular weight excluding hydrogens is 338 g/mol. The molecule has 0 atom stereocenters. The third-order valence-electron chi connectivity index (χ3n) is 2.85. The number of primary amides is 1. The summed E-state index contributed by atoms with van der Waals surface area (Å²) in [5, 5.41) is 23.0. The van der Waals surface area contributed by atoms with Crippen molar-refractivity contribution >= 4 is 39.8 Å². The van der Waals surface area contributed by atoms with Crippen molar-refractivity contribution in [3.8, 4) is 0 Å². The van der Waals surface area contributed by atoms with Crippen molar-refractivity contribution in [1.82, 2.24) is 10.2 Å². The summed E-state index contributed by atoms with van der Waals surface area (Å²) in [7, 11) is 0. The van der Waals surface area contributed by atoms with Crippen LogP contribution in [0.2, 0.25) is 0 Å². The highest BCUT2D eigenvalue weighted by molar-refractivity contribution is 8.01. The first-order valence-electron chi connectivity index (χ1n) is 6.84. The molecule has 2 rings (SSSR count). The van der Waals surface area contributed by atoms with Crippen molar-refractivity contribution in [2.24, 2.45) is 5.73 Å². The largest absolute Gasteiger partial charge is 0.366 e. The molecule has 0 radical (unpaired) electrons. The molecule has 10 heteroatoms. The molecular formula is C13H15N5O3S2. The smallest absolute Gasteiger partial charge is 0.284 e. The number of carbonyl (C=O) groups excluding carboxylic acids is 1. The fraction of sp³-hybridized carbons (Fsp3) is 0.308. The van der Waals surface area contributed by atoms with Crippen LogP contribution in [0.3, 0.4) is 0 Å². The van der Waals surface area contributed by atoms with Gasteiger partial charge in [0, 0.05) is 18.2 Å². The van der Waals surface area contributed by atoms with Crippen LogP contribution in [0.15, 0.2) is 27.4 Å². The number of anilines is 1. The standard InChI is InChI=1S/C13H15N5O3S2/c1-2-3-6-15-12-16-17-13(23-12)22-10-5-4-8(11(14)19)7-9(10)18(20)21/h4-5,7H,2-3,6H2,1H3,(H2,14,19)(H,15,16). The average Bonchev–Trinajstić information content (AvgIpc) is 2.95. The summed E-state index contributed by atoms with van der Waals surface area (Å²) in [6, 6.07) is 4.12. The maximum absolute atomic E-state index is 11.2. The van der Waals surface area contributed by atoms with E-state index in [1.807, 2.05) is 0 Å². The van der Waals surface area contributed by atoms with Crippen molar-refractivity contribution in [1.29, 1.82) is 0 Å². The quantitative estimate of drug-likeness (QED) is 0.425. The van der Waals surface area contributed by atoms with Crippen LogP contribution in [0.1, 0.15) is 30.1 Å². The molecule has 1 aromatic carbocycles. The number of carbonyl (C=O) groups is 1. The Labute approximate surface area is 140 Å². The summed E-state index contributed by atoms with van der Waals surface area (Å²) < 4.78 is 0.582. The first-order valence-corrected chi connectivity index (χ1v) is 8.48. The van der Waals surface area contributed by atoms with Crippen LogP contribution in [-0.4, -0.2) is 27.6 Å². The number of rotatable bonds is 8. The number of nitrogens with two attached hydrogens (primary N) is 1. The molecule has 8 nitrogen and oxygen atoms in total. The highest BCUT2D eigenvalue weighted by Crippen LogP contribution is 2.37. The Morgan fingerprint density at radius 2 is 2.26 bits per heavy atom. The maximum atomic E-state index is 11.2. The molecule has 1 heterocycles. The van der Waals surface area contributed by atoms with E-state index in [0.717, 1.165) is 31.1 Å². The highest BCUT2D eigenvalue weighted by atomic mass is 32.2. The average molecular weight is 353 g/mol. The van der Waals surface area contributed by atoms with Gasteiger partial charge in [0.25, 0.3) is 5.69 Å². The van der Waals surface area contributed by atoms with Gasteiger partial charge >= 0.3 is 0 Å². The number of nitrogens with zero attached hydrogens (tertiary/aromatic N) is 3. The SMILES string of the molecule is CCCCNc1nnc(Sc2ccc(C(N)=O)cc2[N+](=O)[O-])s1. The van der Waals surface area contributed by atoms with E-state index in [2.05, 4.69) is 22.4 Å². The normalized spacial score (nSPS) is 10.5. The molecule has 23 heavy (non-hydrogen) atoms. The van der Waals surface area contributed by atoms with Crippen molar-refractivity contribution in [2.75, 3.05) is 11.9 Å². The van der Waals surface area contributed by atoms with Gasteiger partial charge in [-0.05, 0) is 30.3 Å². The molecule has 0 saturated heterocycles. The molecule has 1 aromatic heterocycles. The van der Waals surface area contributed by atoms with Crippen molar-refractivity contribution < 1.29 is 9.72 Å². The summed E-state index contributed by atoms with van der Waals surface area (Å²) in [6.45, 7) is 2.90. The lowest BCUT2D eigenvalue weighted by molar-refractivity contribution is -0.387. The summed E-state index contributed by atoms with van der Waals surface area (Å²) in [5.41, 5.74) is 5.07. The molecule has 0 bridgehead atoms. The van der Waals surface area contributed by atoms with Crippen LogP contribution in [0.4, 0.5) is 10.8 Å². The molecule has 0 aliphatic carbocycles. The van der Waals surface area contributed by atoms with Gasteiger partial charge in [0.05, 0.1) is 9.82 Å². The minimum Gasteiger partial charge on any atom is -0.366 e. The summed E-state index contributed by atoms with van der Waals surface area (Å²) >= 11 is 2.46. The molecule has 0 aliphatic heterocycles. The van der Waals surface area contributed by atoms with E-state index < -0.39 is 10.8 Å². The fourth-order valence-electron chi connectivity index (χ4n) is 1.69. The van der Waals surface area contributed by atoms with Crippen molar-refractivity contribution in [3.05, 3.63) is 33.9 Å². The molecule has 0 aliphatic rings. The van der Waals surface area contributed by atoms with Gasteiger partial charge in [-0.1, -0.05) is 24.7 Å². The second kappa shape index (κ2) is 7.88. The lowest BCUT2D eigenvalue weighted by Gasteiger charge is -2.02. The lowest BCUT2D eigenvalue weighted by Crippen LogP contribution is -2.11. The van der Waals surface area contributed by atoms with Crippen LogP contribution >= 0.6 is 23.1 Å². The third kappa shape index (κ3) is 4.63. The van der Waals surface area contributed by atoms with Gasteiger partial charge in [-0.25, -0.2) is 0 Å². The fourth-order valence-corrected chi connectivity index (χ4v) is 3.51. The Kier molecular flexibility index (Phi) is 5.88. The second-order valence-corrected chi connectivity index (χ2v) is 6.83. The monoisotopic (exact) mass is 353 g/mol. The highest BCUT2D eigenvalue weighted by Gasteiger charge is 2.19. The predicted octanol–water partition coefficient (Wildman–Crippen LogP) is 2.91. The van der Waals surface area contributed by atoms with E-state index in [9.17, 15) is 14.9 Å². The van der Waals surface area contributed by atoms with Crippen LogP contribution < -0.4 is 11.1 Å². The summed E-state index contributed by atoms with van der Waals surface area (Å²) in [5.74, 6) is -0.706. The number of amides is 1. The molecule has 122 valence electrons. The van der Waals surface area contributed by atoms with E-state index in [-0.39, 0.29) is 11.3 Å². The minimum absolute atomic E-state index is 0.0974. The maximum Gasteiger partial charge on any atom is 0.284 e. The number of aromatic nitrogens is 2. The number of hydrogen-bond acceptors (Lipinski definition) is 8. The minimum atomic E-state index is -0.706. The zero-order valence-corrected chi connectivity index (χ0v) is 13.9. The van der Waals surface area contributed by atoms with Crippen LogP contribution in [-0.2, 0) is 0 Å². The van der Waals surface area contributed by atoms with Gasteiger partial charge in [0.15, 0.2) is 4.34 Å². The van der Waals surface area contributed by atoms with Gasteiger partial charge in [0.2, 0.25) is 11.0 Å². The molecule has 0 spiro atoms. The lowest BCUT2D eigenvalue weighted by atomic mass is 10.2. The Morgan fingerprint density at radius 1 is 1.48 bits per heavy atom. The molecule has 0 saturated carbocycles. The number of benzene rings is 1. The van der Waals surface area contributed by atoms with Crippen LogP contribution in [0.5, 0.6) is 0 Å². The topological polar surface area (TPSA) is 124 Å². The zero-order valence-electron chi connectivity index (χ0n) is 12.3. The second-order valence-electron chi connectivity index (χ2n) is 4.56. The molecule has 1 amide bonds. The number of nitrogens with one attached hydrogen (secondary N) is 1. The predicted molar refractivity (Wildman–Crippen MR) is 89.0 cm³/mol. The van der Waals surface area contributed by atoms with E-state index in [0.29, 0.717) is 14.4 Å². The first-order chi connectivity index (χ1) is 11.0. The number of nitro groups is 1. The zero-order chi connectivity index (χ0) is 16.8. The number of unbranched alkanes of at least 4 members (excludes halogenated alkanes) is 1. The van der Waals surface area contributed by atoms with E-state index >= 15 is 0 Å². The van der Waals surface area contributed by atoms with Crippen LogP contribution in [0, 0.1) is 10.1 Å². The molecule has 2 aromatic rings. The number of nitro benzene ring substituents is 1. The summed E-state index contributed by atoms with van der Waals surface area (Å²) in [6.07, 6.45) is 2.11. The van der Waals surface area contributed by atoms with E-state index in [1.165, 1.54) is 29.5 Å². The Bertz CT molecular complexity index is 719. The molecule has 3 N–H and O–H groups in total.